The molecular formula is C11H14N6O3. The van der Waals surface area contributed by atoms with E-state index in [1.165, 1.54) is 17.1 Å². The third-order valence-electron chi connectivity index (χ3n) is 2.58. The van der Waals surface area contributed by atoms with Gasteiger partial charge in [-0.25, -0.2) is 4.79 Å². The van der Waals surface area contributed by atoms with Crippen LogP contribution < -0.4 is 11.1 Å². The molecule has 0 aliphatic heterocycles. The van der Waals surface area contributed by atoms with Crippen LogP contribution in [0.1, 0.15) is 27.6 Å². The molecule has 0 saturated carbocycles. The number of nitrogens with one attached hydrogen (secondary N) is 2. The molecule has 0 saturated heterocycles. The van der Waals surface area contributed by atoms with E-state index in [9.17, 15) is 9.59 Å². The third-order valence-corrected chi connectivity index (χ3v) is 2.58. The van der Waals surface area contributed by atoms with Crippen molar-refractivity contribution >= 4 is 23.5 Å². The lowest BCUT2D eigenvalue weighted by molar-refractivity contribution is 0.0527. The van der Waals surface area contributed by atoms with E-state index in [-0.39, 0.29) is 29.4 Å². The summed E-state index contributed by atoms with van der Waals surface area (Å²) in [4.78, 5) is 23.8. The summed E-state index contributed by atoms with van der Waals surface area (Å²) >= 11 is 0. The highest BCUT2D eigenvalue weighted by Gasteiger charge is 2.21. The molecule has 4 N–H and O–H groups in total. The molecule has 0 aromatic carbocycles. The highest BCUT2D eigenvalue weighted by Crippen LogP contribution is 2.17. The van der Waals surface area contributed by atoms with Gasteiger partial charge in [-0.05, 0) is 6.92 Å². The molecule has 2 rings (SSSR count). The van der Waals surface area contributed by atoms with Crippen molar-refractivity contribution in [2.45, 2.75) is 6.92 Å². The lowest BCUT2D eigenvalue weighted by Gasteiger charge is -2.07. The molecule has 0 spiro atoms. The fourth-order valence-corrected chi connectivity index (χ4v) is 1.60. The summed E-state index contributed by atoms with van der Waals surface area (Å²) in [5.41, 5.74) is 5.91. The number of nitrogens with two attached hydrogens (primary N) is 1. The summed E-state index contributed by atoms with van der Waals surface area (Å²) in [6.07, 6.45) is 2.62. The van der Waals surface area contributed by atoms with Gasteiger partial charge in [0.1, 0.15) is 22.8 Å². The van der Waals surface area contributed by atoms with Crippen molar-refractivity contribution in [3.05, 3.63) is 23.5 Å². The van der Waals surface area contributed by atoms with Crippen molar-refractivity contribution in [2.75, 3.05) is 17.7 Å². The minimum Gasteiger partial charge on any atom is -0.462 e. The number of aryl methyl sites for hydroxylation is 1. The predicted octanol–water partition coefficient (Wildman–Crippen LogP) is 0.154. The monoisotopic (exact) mass is 278 g/mol. The third kappa shape index (κ3) is 2.46. The van der Waals surface area contributed by atoms with Crippen molar-refractivity contribution in [3.8, 4) is 0 Å². The molecular weight excluding hydrogens is 264 g/mol. The molecule has 0 aliphatic carbocycles. The first-order valence-corrected chi connectivity index (χ1v) is 5.84. The highest BCUT2D eigenvalue weighted by molar-refractivity contribution is 6.09. The first-order valence-electron chi connectivity index (χ1n) is 5.84. The zero-order valence-corrected chi connectivity index (χ0v) is 11.0. The number of anilines is 2. The van der Waals surface area contributed by atoms with Crippen LogP contribution in [0.2, 0.25) is 0 Å². The molecule has 0 radical (unpaired) electrons. The minimum atomic E-state index is -0.559. The van der Waals surface area contributed by atoms with Crippen LogP contribution in [0.5, 0.6) is 0 Å². The van der Waals surface area contributed by atoms with E-state index < -0.39 is 11.9 Å². The second-order valence-corrected chi connectivity index (χ2v) is 3.90. The van der Waals surface area contributed by atoms with E-state index in [1.54, 1.807) is 14.0 Å². The molecule has 106 valence electrons. The molecule has 1 amide bonds. The number of carbonyl (C=O) groups excluding carboxylic acids is 2. The van der Waals surface area contributed by atoms with Crippen LogP contribution in [-0.2, 0) is 11.8 Å². The van der Waals surface area contributed by atoms with Crippen LogP contribution in [0.15, 0.2) is 12.4 Å². The summed E-state index contributed by atoms with van der Waals surface area (Å²) in [6.45, 7) is 1.93. The normalized spacial score (nSPS) is 10.3. The summed E-state index contributed by atoms with van der Waals surface area (Å²) in [7, 11) is 1.59. The number of aromatic amines is 1. The number of carbonyl (C=O) groups is 2. The van der Waals surface area contributed by atoms with Gasteiger partial charge in [-0.3, -0.25) is 14.6 Å². The number of ether oxygens (including phenoxy) is 1. The summed E-state index contributed by atoms with van der Waals surface area (Å²) < 4.78 is 6.25. The fourth-order valence-electron chi connectivity index (χ4n) is 1.60. The van der Waals surface area contributed by atoms with Gasteiger partial charge in [-0.2, -0.15) is 10.2 Å². The molecule has 0 unspecified atom stereocenters. The number of hydrogen-bond acceptors (Lipinski definition) is 6. The highest BCUT2D eigenvalue weighted by atomic mass is 16.5. The van der Waals surface area contributed by atoms with Gasteiger partial charge in [-0.15, -0.1) is 0 Å². The van der Waals surface area contributed by atoms with Crippen molar-refractivity contribution in [1.29, 1.82) is 0 Å². The van der Waals surface area contributed by atoms with Gasteiger partial charge in [0, 0.05) is 7.05 Å². The largest absolute Gasteiger partial charge is 0.462 e. The van der Waals surface area contributed by atoms with Crippen molar-refractivity contribution in [1.82, 2.24) is 20.0 Å². The zero-order valence-electron chi connectivity index (χ0n) is 11.0. The molecule has 0 bridgehead atoms. The number of hydrogen-bond donors (Lipinski definition) is 3. The Morgan fingerprint density at radius 2 is 2.20 bits per heavy atom. The van der Waals surface area contributed by atoms with Gasteiger partial charge < -0.3 is 15.8 Å². The van der Waals surface area contributed by atoms with E-state index in [0.29, 0.717) is 0 Å². The van der Waals surface area contributed by atoms with Crippen LogP contribution in [-0.4, -0.2) is 38.5 Å². The van der Waals surface area contributed by atoms with Crippen LogP contribution in [0, 0.1) is 0 Å². The SMILES string of the molecule is CCOC(=O)c1cnn(C)c1NC(=O)c1cn[nH]c1N. The molecule has 2 aromatic rings. The quantitative estimate of drug-likeness (QED) is 0.683. The van der Waals surface area contributed by atoms with E-state index in [2.05, 4.69) is 20.6 Å². The Morgan fingerprint density at radius 1 is 1.45 bits per heavy atom. The summed E-state index contributed by atoms with van der Waals surface area (Å²) in [5.74, 6) is -0.683. The molecule has 0 fully saturated rings. The van der Waals surface area contributed by atoms with E-state index in [4.69, 9.17) is 10.5 Å². The van der Waals surface area contributed by atoms with Gasteiger partial charge in [0.25, 0.3) is 5.91 Å². The zero-order chi connectivity index (χ0) is 14.7. The van der Waals surface area contributed by atoms with Crippen LogP contribution in [0.4, 0.5) is 11.6 Å². The van der Waals surface area contributed by atoms with Gasteiger partial charge in [0.15, 0.2) is 0 Å². The lowest BCUT2D eigenvalue weighted by atomic mass is 10.3. The molecule has 20 heavy (non-hydrogen) atoms. The molecule has 2 heterocycles. The van der Waals surface area contributed by atoms with Crippen molar-refractivity contribution in [3.63, 3.8) is 0 Å². The molecule has 9 nitrogen and oxygen atoms in total. The molecule has 0 aliphatic rings. The number of esters is 1. The van der Waals surface area contributed by atoms with Gasteiger partial charge in [0.05, 0.1) is 19.0 Å². The average molecular weight is 278 g/mol. The van der Waals surface area contributed by atoms with E-state index in [0.717, 1.165) is 0 Å². The van der Waals surface area contributed by atoms with Crippen LogP contribution in [0.3, 0.4) is 0 Å². The van der Waals surface area contributed by atoms with Crippen molar-refractivity contribution in [2.24, 2.45) is 7.05 Å². The Bertz CT molecular complexity index is 644. The maximum absolute atomic E-state index is 12.0. The lowest BCUT2D eigenvalue weighted by Crippen LogP contribution is -2.18. The Labute approximate surface area is 114 Å². The number of nitrogen functional groups attached to an aromatic ring is 1. The van der Waals surface area contributed by atoms with Crippen LogP contribution >= 0.6 is 0 Å². The molecule has 9 heteroatoms. The summed E-state index contributed by atoms with van der Waals surface area (Å²) in [5, 5.41) is 12.6. The van der Waals surface area contributed by atoms with Gasteiger partial charge >= 0.3 is 5.97 Å². The number of H-pyrrole nitrogens is 1. The molecule has 0 atom stereocenters. The second-order valence-electron chi connectivity index (χ2n) is 3.90. The van der Waals surface area contributed by atoms with E-state index >= 15 is 0 Å². The van der Waals surface area contributed by atoms with Gasteiger partial charge in [0.2, 0.25) is 0 Å². The maximum atomic E-state index is 12.0. The standard InChI is InChI=1S/C11H14N6O3/c1-3-20-11(19)7-5-14-17(2)9(7)15-10(18)6-4-13-16-8(6)12/h4-5H,3H2,1-2H3,(H,15,18)(H3,12,13,16). The predicted molar refractivity (Wildman–Crippen MR) is 70.1 cm³/mol. The molecule has 2 aromatic heterocycles. The van der Waals surface area contributed by atoms with Crippen molar-refractivity contribution < 1.29 is 14.3 Å². The first kappa shape index (κ1) is 13.6. The average Bonchev–Trinajstić information content (AvgIpc) is 2.97. The maximum Gasteiger partial charge on any atom is 0.343 e. The second kappa shape index (κ2) is 5.43. The Kier molecular flexibility index (Phi) is 3.69. The number of aromatic nitrogens is 4. The smallest absolute Gasteiger partial charge is 0.343 e. The van der Waals surface area contributed by atoms with Crippen LogP contribution in [0.25, 0.3) is 0 Å². The summed E-state index contributed by atoms with van der Waals surface area (Å²) in [6, 6.07) is 0. The topological polar surface area (TPSA) is 128 Å². The Morgan fingerprint density at radius 3 is 2.80 bits per heavy atom. The fraction of sp³-hybridized carbons (Fsp3) is 0.273. The Balaban J connectivity index is 2.25. The number of amides is 1. The van der Waals surface area contributed by atoms with E-state index in [1.807, 2.05) is 0 Å². The minimum absolute atomic E-state index is 0.141. The number of rotatable bonds is 4. The first-order chi connectivity index (χ1) is 9.54. The number of nitrogens with zero attached hydrogens (tertiary/aromatic N) is 3. The van der Waals surface area contributed by atoms with Gasteiger partial charge in [-0.1, -0.05) is 0 Å². The Hall–Kier alpha value is -2.84.